The molecule has 0 N–H and O–H groups in total. The minimum Gasteiger partial charge on any atom is -0.465 e. The van der Waals surface area contributed by atoms with E-state index in [0.717, 1.165) is 0 Å². The van der Waals surface area contributed by atoms with Crippen molar-refractivity contribution in [1.29, 1.82) is 0 Å². The first kappa shape index (κ1) is 12.8. The summed E-state index contributed by atoms with van der Waals surface area (Å²) in [5.41, 5.74) is -0.0259. The highest BCUT2D eigenvalue weighted by molar-refractivity contribution is 5.99. The molecule has 1 heterocycles. The highest BCUT2D eigenvalue weighted by atomic mass is 16.5. The molecule has 0 atom stereocenters. The average Bonchev–Trinajstić information content (AvgIpc) is 2.36. The zero-order chi connectivity index (χ0) is 13.0. The Morgan fingerprint density at radius 1 is 1.00 bits per heavy atom. The number of ketones is 1. The third-order valence-electron chi connectivity index (χ3n) is 2.00. The van der Waals surface area contributed by atoms with Gasteiger partial charge in [0.2, 0.25) is 0 Å². The molecule has 0 spiro atoms. The van der Waals surface area contributed by atoms with Crippen LogP contribution in [0.1, 0.15) is 38.3 Å². The first-order chi connectivity index (χ1) is 7.99. The quantitative estimate of drug-likeness (QED) is 0.572. The van der Waals surface area contributed by atoms with Crippen molar-refractivity contribution in [3.05, 3.63) is 29.1 Å². The Kier molecular flexibility index (Phi) is 3.92. The van der Waals surface area contributed by atoms with Gasteiger partial charge in [0.15, 0.2) is 5.78 Å². The van der Waals surface area contributed by atoms with Crippen LogP contribution in [0.25, 0.3) is 0 Å². The van der Waals surface area contributed by atoms with Crippen molar-refractivity contribution in [2.24, 2.45) is 0 Å². The third-order valence-corrected chi connectivity index (χ3v) is 2.00. The molecule has 0 aliphatic rings. The largest absolute Gasteiger partial charge is 0.465 e. The number of esters is 2. The Morgan fingerprint density at radius 3 is 2.00 bits per heavy atom. The highest BCUT2D eigenvalue weighted by Gasteiger charge is 2.16. The topological polar surface area (TPSA) is 82.6 Å². The Labute approximate surface area is 97.6 Å². The Hall–Kier alpha value is -2.24. The van der Waals surface area contributed by atoms with Crippen LogP contribution < -0.4 is 0 Å². The molecule has 0 bridgehead atoms. The molecule has 0 unspecified atom stereocenters. The second kappa shape index (κ2) is 5.20. The van der Waals surface area contributed by atoms with Crippen molar-refractivity contribution in [2.75, 3.05) is 14.2 Å². The second-order valence-corrected chi connectivity index (χ2v) is 3.17. The molecule has 1 aromatic rings. The normalized spacial score (nSPS) is 9.59. The fourth-order valence-corrected chi connectivity index (χ4v) is 1.16. The van der Waals surface area contributed by atoms with Crippen LogP contribution in [0.3, 0.4) is 0 Å². The van der Waals surface area contributed by atoms with Gasteiger partial charge in [-0.2, -0.15) is 0 Å². The van der Waals surface area contributed by atoms with Gasteiger partial charge in [0.25, 0.3) is 0 Å². The van der Waals surface area contributed by atoms with Gasteiger partial charge >= 0.3 is 11.9 Å². The van der Waals surface area contributed by atoms with E-state index in [9.17, 15) is 14.4 Å². The van der Waals surface area contributed by atoms with Gasteiger partial charge in [-0.15, -0.1) is 0 Å². The number of nitrogens with zero attached hydrogens (tertiary/aromatic N) is 1. The fraction of sp³-hybridized carbons (Fsp3) is 0.273. The SMILES string of the molecule is COC(=O)c1cc(C(C)=O)nc(C(=O)OC)c1. The van der Waals surface area contributed by atoms with Crippen LogP contribution in [-0.4, -0.2) is 36.9 Å². The van der Waals surface area contributed by atoms with Crippen molar-refractivity contribution in [1.82, 2.24) is 4.98 Å². The van der Waals surface area contributed by atoms with Gasteiger partial charge in [-0.1, -0.05) is 0 Å². The van der Waals surface area contributed by atoms with E-state index in [1.54, 1.807) is 0 Å². The zero-order valence-electron chi connectivity index (χ0n) is 9.64. The molecule has 0 aromatic carbocycles. The monoisotopic (exact) mass is 237 g/mol. The van der Waals surface area contributed by atoms with E-state index < -0.39 is 11.9 Å². The molecule has 17 heavy (non-hydrogen) atoms. The van der Waals surface area contributed by atoms with Gasteiger partial charge in [-0.3, -0.25) is 4.79 Å². The molecule has 1 aromatic heterocycles. The number of Topliss-reactive ketones (excluding diaryl/α,β-unsaturated/α-hetero) is 1. The van der Waals surface area contributed by atoms with Crippen LogP contribution in [0, 0.1) is 0 Å². The molecule has 1 rings (SSSR count). The molecular formula is C11H11NO5. The number of carbonyl (C=O) groups excluding carboxylic acids is 3. The highest BCUT2D eigenvalue weighted by Crippen LogP contribution is 2.09. The van der Waals surface area contributed by atoms with Crippen molar-refractivity contribution in [3.8, 4) is 0 Å². The summed E-state index contributed by atoms with van der Waals surface area (Å²) in [4.78, 5) is 37.6. The molecule has 6 nitrogen and oxygen atoms in total. The van der Waals surface area contributed by atoms with Crippen LogP contribution in [0.5, 0.6) is 0 Å². The first-order valence-electron chi connectivity index (χ1n) is 4.69. The van der Waals surface area contributed by atoms with Crippen LogP contribution in [0.15, 0.2) is 12.1 Å². The number of hydrogen-bond donors (Lipinski definition) is 0. The number of carbonyl (C=O) groups is 3. The predicted molar refractivity (Wildman–Crippen MR) is 56.9 cm³/mol. The number of methoxy groups -OCH3 is 2. The maximum Gasteiger partial charge on any atom is 0.356 e. The lowest BCUT2D eigenvalue weighted by Crippen LogP contribution is -2.12. The summed E-state index contributed by atoms with van der Waals surface area (Å²) in [5, 5.41) is 0. The van der Waals surface area contributed by atoms with Crippen LogP contribution in [-0.2, 0) is 9.47 Å². The van der Waals surface area contributed by atoms with Gasteiger partial charge < -0.3 is 9.47 Å². The molecule has 90 valence electrons. The van der Waals surface area contributed by atoms with E-state index in [0.29, 0.717) is 0 Å². The lowest BCUT2D eigenvalue weighted by molar-refractivity contribution is 0.0593. The number of ether oxygens (including phenoxy) is 2. The molecule has 0 aliphatic heterocycles. The van der Waals surface area contributed by atoms with Gasteiger partial charge in [-0.25, -0.2) is 14.6 Å². The maximum atomic E-state index is 11.3. The zero-order valence-corrected chi connectivity index (χ0v) is 9.64. The molecule has 0 fully saturated rings. The third kappa shape index (κ3) is 2.87. The summed E-state index contributed by atoms with van der Waals surface area (Å²) in [6.45, 7) is 1.28. The Bertz CT molecular complexity index is 447. The van der Waals surface area contributed by atoms with E-state index in [-0.39, 0.29) is 22.7 Å². The Morgan fingerprint density at radius 2 is 1.53 bits per heavy atom. The molecule has 0 saturated heterocycles. The summed E-state index contributed by atoms with van der Waals surface area (Å²) in [5.74, 6) is -1.74. The standard InChI is InChI=1S/C11H11NO5/c1-6(13)8-4-7(10(14)16-2)5-9(12-8)11(15)17-3/h4-5H,1-3H3. The number of pyridine rings is 1. The average molecular weight is 237 g/mol. The minimum absolute atomic E-state index is 0.00769. The lowest BCUT2D eigenvalue weighted by Gasteiger charge is -2.04. The van der Waals surface area contributed by atoms with Gasteiger partial charge in [0, 0.05) is 6.92 Å². The number of aromatic nitrogens is 1. The van der Waals surface area contributed by atoms with E-state index in [4.69, 9.17) is 0 Å². The van der Waals surface area contributed by atoms with Crippen molar-refractivity contribution < 1.29 is 23.9 Å². The number of hydrogen-bond acceptors (Lipinski definition) is 6. The summed E-state index contributed by atoms with van der Waals surface area (Å²) in [7, 11) is 2.39. The molecule has 0 radical (unpaired) electrons. The first-order valence-corrected chi connectivity index (χ1v) is 4.69. The van der Waals surface area contributed by atoms with Crippen LogP contribution >= 0.6 is 0 Å². The molecule has 0 aliphatic carbocycles. The molecule has 0 saturated carbocycles. The van der Waals surface area contributed by atoms with Crippen molar-refractivity contribution in [2.45, 2.75) is 6.92 Å². The molecule has 6 heteroatoms. The van der Waals surface area contributed by atoms with E-state index in [1.165, 1.54) is 33.3 Å². The fourth-order valence-electron chi connectivity index (χ4n) is 1.16. The van der Waals surface area contributed by atoms with E-state index in [2.05, 4.69) is 14.5 Å². The Balaban J connectivity index is 3.33. The molecular weight excluding hydrogens is 226 g/mol. The second-order valence-electron chi connectivity index (χ2n) is 3.17. The van der Waals surface area contributed by atoms with Gasteiger partial charge in [-0.05, 0) is 12.1 Å². The minimum atomic E-state index is -0.724. The summed E-state index contributed by atoms with van der Waals surface area (Å²) in [6.07, 6.45) is 0. The van der Waals surface area contributed by atoms with Crippen LogP contribution in [0.2, 0.25) is 0 Å². The summed E-state index contributed by atoms with van der Waals surface area (Å²) < 4.78 is 8.98. The van der Waals surface area contributed by atoms with Crippen molar-refractivity contribution in [3.63, 3.8) is 0 Å². The molecule has 0 amide bonds. The van der Waals surface area contributed by atoms with Crippen molar-refractivity contribution >= 4 is 17.7 Å². The van der Waals surface area contributed by atoms with Gasteiger partial charge in [0.1, 0.15) is 11.4 Å². The van der Waals surface area contributed by atoms with E-state index in [1.807, 2.05) is 0 Å². The predicted octanol–water partition coefficient (Wildman–Crippen LogP) is 0.857. The maximum absolute atomic E-state index is 11.3. The van der Waals surface area contributed by atoms with E-state index >= 15 is 0 Å². The van der Waals surface area contributed by atoms with Gasteiger partial charge in [0.05, 0.1) is 19.8 Å². The number of rotatable bonds is 3. The smallest absolute Gasteiger partial charge is 0.356 e. The lowest BCUT2D eigenvalue weighted by atomic mass is 10.1. The summed E-state index contributed by atoms with van der Waals surface area (Å²) >= 11 is 0. The summed E-state index contributed by atoms with van der Waals surface area (Å²) in [6, 6.07) is 2.48. The van der Waals surface area contributed by atoms with Crippen LogP contribution in [0.4, 0.5) is 0 Å².